The van der Waals surface area contributed by atoms with Crippen LogP contribution in [-0.2, 0) is 24.1 Å². The van der Waals surface area contributed by atoms with Crippen LogP contribution in [0.5, 0.6) is 5.75 Å². The number of alkyl halides is 3. The number of anilines is 1. The predicted molar refractivity (Wildman–Crippen MR) is 173 cm³/mol. The number of carbonyl (C=O) groups is 1. The fourth-order valence-electron chi connectivity index (χ4n) is 5.37. The molecule has 45 heavy (non-hydrogen) atoms. The number of carboxylic acid groups (broad SMARTS) is 1. The number of aryl methyl sites for hydroxylation is 4. The first-order valence-electron chi connectivity index (χ1n) is 15.2. The lowest BCUT2D eigenvalue weighted by Gasteiger charge is -2.27. The average molecular weight is 619 g/mol. The van der Waals surface area contributed by atoms with Gasteiger partial charge >= 0.3 is 12.1 Å². The van der Waals surface area contributed by atoms with Crippen molar-refractivity contribution in [1.29, 1.82) is 0 Å². The smallest absolute Gasteiger partial charge is 0.416 e. The zero-order valence-corrected chi connectivity index (χ0v) is 26.8. The molecule has 0 saturated carbocycles. The van der Waals surface area contributed by atoms with Crippen LogP contribution in [0, 0.1) is 27.7 Å². The maximum Gasteiger partial charge on any atom is 0.416 e. The van der Waals surface area contributed by atoms with Gasteiger partial charge in [-0.05, 0) is 109 Å². The summed E-state index contributed by atoms with van der Waals surface area (Å²) in [4.78, 5) is 17.4. The summed E-state index contributed by atoms with van der Waals surface area (Å²) in [6, 6.07) is 18.6. The number of aromatic nitrogens is 1. The first-order valence-corrected chi connectivity index (χ1v) is 15.2. The van der Waals surface area contributed by atoms with Gasteiger partial charge in [0.15, 0.2) is 0 Å². The van der Waals surface area contributed by atoms with Gasteiger partial charge in [0.2, 0.25) is 0 Å². The molecule has 0 radical (unpaired) electrons. The molecule has 0 saturated heterocycles. The highest BCUT2D eigenvalue weighted by molar-refractivity contribution is 5.73. The monoisotopic (exact) mass is 618 g/mol. The predicted octanol–water partition coefficient (Wildman–Crippen LogP) is 9.57. The third-order valence-corrected chi connectivity index (χ3v) is 7.99. The van der Waals surface area contributed by atoms with E-state index in [4.69, 9.17) is 9.84 Å². The van der Waals surface area contributed by atoms with E-state index in [1.165, 1.54) is 11.6 Å². The number of aliphatic carboxylic acids is 1. The first kappa shape index (κ1) is 33.6. The van der Waals surface area contributed by atoms with Crippen LogP contribution in [0.15, 0.2) is 66.9 Å². The quantitative estimate of drug-likeness (QED) is 0.160. The number of hydrogen-bond donors (Lipinski definition) is 1. The van der Waals surface area contributed by atoms with Gasteiger partial charge in [0.1, 0.15) is 11.6 Å². The molecule has 0 aliphatic carbocycles. The van der Waals surface area contributed by atoms with Crippen LogP contribution in [0.25, 0.3) is 11.1 Å². The molecule has 8 heteroatoms. The Kier molecular flexibility index (Phi) is 10.6. The molecule has 1 N–H and O–H groups in total. The van der Waals surface area contributed by atoms with E-state index >= 15 is 0 Å². The Morgan fingerprint density at radius 3 is 2.27 bits per heavy atom. The first-order chi connectivity index (χ1) is 21.2. The number of nitrogens with zero attached hydrogens (tertiary/aromatic N) is 2. The maximum atomic E-state index is 13.7. The summed E-state index contributed by atoms with van der Waals surface area (Å²) in [6.07, 6.45) is -2.51. The molecule has 4 rings (SSSR count). The third kappa shape index (κ3) is 8.87. The van der Waals surface area contributed by atoms with Gasteiger partial charge in [0.05, 0.1) is 18.4 Å². The number of pyridine rings is 1. The van der Waals surface area contributed by atoms with Crippen molar-refractivity contribution in [3.05, 3.63) is 111 Å². The van der Waals surface area contributed by atoms with Gasteiger partial charge in [-0.1, -0.05) is 55.8 Å². The fourth-order valence-corrected chi connectivity index (χ4v) is 5.37. The zero-order valence-electron chi connectivity index (χ0n) is 26.8. The van der Waals surface area contributed by atoms with Crippen molar-refractivity contribution < 1.29 is 27.8 Å². The van der Waals surface area contributed by atoms with E-state index in [1.54, 1.807) is 31.3 Å². The molecular formula is C37H41F3N2O3. The molecule has 0 fully saturated rings. The van der Waals surface area contributed by atoms with Gasteiger partial charge in [-0.15, -0.1) is 0 Å². The standard InChI is InChI=1S/C37H41F3N2O3/c1-23(2)29-10-9-25(4)33(19-29)34-17-27(6)26(5)16-30(34)22-42(21-28-14-24(3)15-31(18-28)37(38,39)40)35-12-11-32(20-41-35)45-13-7-8-36(43)44/h9-12,14-20,23H,7-8,13,21-22H2,1-6H3,(H,43,44). The number of halogens is 3. The Morgan fingerprint density at radius 2 is 1.62 bits per heavy atom. The molecule has 3 aromatic carbocycles. The molecule has 0 atom stereocenters. The molecule has 238 valence electrons. The normalized spacial score (nSPS) is 11.6. The highest BCUT2D eigenvalue weighted by Crippen LogP contribution is 2.35. The van der Waals surface area contributed by atoms with Crippen LogP contribution in [0.2, 0.25) is 0 Å². The lowest BCUT2D eigenvalue weighted by atomic mass is 9.89. The second-order valence-corrected chi connectivity index (χ2v) is 12.1. The molecule has 4 aromatic rings. The van der Waals surface area contributed by atoms with Crippen molar-refractivity contribution in [3.63, 3.8) is 0 Å². The summed E-state index contributed by atoms with van der Waals surface area (Å²) in [5.74, 6) is 0.546. The van der Waals surface area contributed by atoms with E-state index in [0.717, 1.165) is 39.4 Å². The van der Waals surface area contributed by atoms with Crippen LogP contribution in [0.4, 0.5) is 19.0 Å². The summed E-state index contributed by atoms with van der Waals surface area (Å²) >= 11 is 0. The Labute approximate surface area is 263 Å². The van der Waals surface area contributed by atoms with Crippen molar-refractivity contribution in [2.45, 2.75) is 79.6 Å². The van der Waals surface area contributed by atoms with E-state index in [-0.39, 0.29) is 19.6 Å². The van der Waals surface area contributed by atoms with Crippen LogP contribution in [-0.4, -0.2) is 22.7 Å². The Hall–Kier alpha value is -4.33. The summed E-state index contributed by atoms with van der Waals surface area (Å²) in [5, 5.41) is 8.87. The van der Waals surface area contributed by atoms with Gasteiger partial charge in [0.25, 0.3) is 0 Å². The highest BCUT2D eigenvalue weighted by Gasteiger charge is 2.31. The minimum Gasteiger partial charge on any atom is -0.492 e. The largest absolute Gasteiger partial charge is 0.492 e. The van der Waals surface area contributed by atoms with Gasteiger partial charge in [0, 0.05) is 19.5 Å². The molecule has 5 nitrogen and oxygen atoms in total. The topological polar surface area (TPSA) is 62.7 Å². The summed E-state index contributed by atoms with van der Waals surface area (Å²) in [7, 11) is 0. The lowest BCUT2D eigenvalue weighted by Crippen LogP contribution is -2.24. The van der Waals surface area contributed by atoms with Crippen LogP contribution in [0.1, 0.15) is 77.1 Å². The van der Waals surface area contributed by atoms with Crippen molar-refractivity contribution in [1.82, 2.24) is 4.98 Å². The van der Waals surface area contributed by atoms with E-state index in [9.17, 15) is 18.0 Å². The van der Waals surface area contributed by atoms with E-state index in [2.05, 4.69) is 69.9 Å². The highest BCUT2D eigenvalue weighted by atomic mass is 19.4. The Morgan fingerprint density at radius 1 is 0.889 bits per heavy atom. The van der Waals surface area contributed by atoms with E-state index in [1.807, 2.05) is 4.90 Å². The number of carboxylic acids is 1. The average Bonchev–Trinajstić information content (AvgIpc) is 2.96. The molecule has 0 spiro atoms. The van der Waals surface area contributed by atoms with Crippen molar-refractivity contribution >= 4 is 11.8 Å². The van der Waals surface area contributed by atoms with Crippen molar-refractivity contribution in [3.8, 4) is 16.9 Å². The molecule has 0 aliphatic heterocycles. The third-order valence-electron chi connectivity index (χ3n) is 7.99. The molecule has 0 bridgehead atoms. The lowest BCUT2D eigenvalue weighted by molar-refractivity contribution is -0.138. The van der Waals surface area contributed by atoms with Crippen LogP contribution < -0.4 is 9.64 Å². The Balaban J connectivity index is 1.76. The summed E-state index contributed by atoms with van der Waals surface area (Å²) in [6.45, 7) is 13.1. The van der Waals surface area contributed by atoms with Crippen LogP contribution in [0.3, 0.4) is 0 Å². The molecule has 0 aliphatic rings. The maximum absolute atomic E-state index is 13.7. The molecule has 0 unspecified atom stereocenters. The SMILES string of the molecule is Cc1cc(CN(Cc2cc(C)c(C)cc2-c2cc(C(C)C)ccc2C)c2ccc(OCCCC(=O)O)cn2)cc(C(F)(F)F)c1. The summed E-state index contributed by atoms with van der Waals surface area (Å²) < 4.78 is 46.9. The number of hydrogen-bond acceptors (Lipinski definition) is 4. The second kappa shape index (κ2) is 14.2. The second-order valence-electron chi connectivity index (χ2n) is 12.1. The number of ether oxygens (including phenoxy) is 1. The molecular weight excluding hydrogens is 577 g/mol. The van der Waals surface area contributed by atoms with Gasteiger partial charge in [-0.3, -0.25) is 4.79 Å². The van der Waals surface area contributed by atoms with Crippen molar-refractivity contribution in [2.24, 2.45) is 0 Å². The minimum absolute atomic E-state index is 0.00749. The minimum atomic E-state index is -4.45. The molecule has 1 aromatic heterocycles. The summed E-state index contributed by atoms with van der Waals surface area (Å²) in [5.41, 5.74) is 8.31. The van der Waals surface area contributed by atoms with Gasteiger partial charge < -0.3 is 14.7 Å². The Bertz CT molecular complexity index is 1650. The zero-order chi connectivity index (χ0) is 32.9. The van der Waals surface area contributed by atoms with Crippen LogP contribution >= 0.6 is 0 Å². The number of benzene rings is 3. The van der Waals surface area contributed by atoms with Gasteiger partial charge in [-0.25, -0.2) is 4.98 Å². The number of rotatable bonds is 12. The molecule has 1 heterocycles. The van der Waals surface area contributed by atoms with E-state index < -0.39 is 17.7 Å². The molecule has 0 amide bonds. The van der Waals surface area contributed by atoms with Gasteiger partial charge in [-0.2, -0.15) is 13.2 Å². The fraction of sp³-hybridized carbons (Fsp3) is 0.351. The van der Waals surface area contributed by atoms with E-state index in [0.29, 0.717) is 41.6 Å². The van der Waals surface area contributed by atoms with Crippen molar-refractivity contribution in [2.75, 3.05) is 11.5 Å².